The van der Waals surface area contributed by atoms with E-state index >= 15 is 0 Å². The number of aliphatic imine (C=N–C) groups is 1. The van der Waals surface area contributed by atoms with Crippen molar-refractivity contribution >= 4 is 40.5 Å². The number of aromatic nitrogens is 2. The topological polar surface area (TPSA) is 128 Å². The summed E-state index contributed by atoms with van der Waals surface area (Å²) in [5.41, 5.74) is 0.249. The lowest BCUT2D eigenvalue weighted by Gasteiger charge is -2.07. The standard InChI is InChI=1S/C17H13N5O3S2/c1-9-14(24)21-17(27-9)19-12(23)8-26-16-20-13(10-5-3-2-4-6-10)11(7-18)15(25)22-16/h2-6,9H,8H2,1H3,(H,20,22,25)(H,19,21,23,24). The van der Waals surface area contributed by atoms with Gasteiger partial charge in [-0.15, -0.1) is 0 Å². The van der Waals surface area contributed by atoms with Crippen molar-refractivity contribution < 1.29 is 9.59 Å². The molecular formula is C17H13N5O3S2. The van der Waals surface area contributed by atoms with Gasteiger partial charge in [-0.25, -0.2) is 4.98 Å². The van der Waals surface area contributed by atoms with Gasteiger partial charge in [0.15, 0.2) is 10.3 Å². The minimum Gasteiger partial charge on any atom is -0.304 e. The van der Waals surface area contributed by atoms with Crippen molar-refractivity contribution in [3.63, 3.8) is 0 Å². The summed E-state index contributed by atoms with van der Waals surface area (Å²) in [6.07, 6.45) is 0. The van der Waals surface area contributed by atoms with E-state index in [1.807, 2.05) is 12.1 Å². The highest BCUT2D eigenvalue weighted by molar-refractivity contribution is 8.15. The highest BCUT2D eigenvalue weighted by Crippen LogP contribution is 2.22. The van der Waals surface area contributed by atoms with Crippen LogP contribution in [0.2, 0.25) is 0 Å². The number of hydrogen-bond acceptors (Lipinski definition) is 7. The van der Waals surface area contributed by atoms with E-state index in [0.717, 1.165) is 11.8 Å². The molecule has 0 radical (unpaired) electrons. The van der Waals surface area contributed by atoms with Gasteiger partial charge in [-0.1, -0.05) is 53.9 Å². The van der Waals surface area contributed by atoms with Crippen LogP contribution in [0, 0.1) is 11.3 Å². The first-order chi connectivity index (χ1) is 13.0. The van der Waals surface area contributed by atoms with Crippen molar-refractivity contribution in [3.8, 4) is 17.3 Å². The Morgan fingerprint density at radius 1 is 1.37 bits per heavy atom. The third kappa shape index (κ3) is 4.45. The van der Waals surface area contributed by atoms with Crippen molar-refractivity contribution in [2.75, 3.05) is 5.75 Å². The third-order valence-electron chi connectivity index (χ3n) is 3.49. The lowest BCUT2D eigenvalue weighted by molar-refractivity contribution is -0.117. The van der Waals surface area contributed by atoms with Crippen LogP contribution in [0.1, 0.15) is 12.5 Å². The quantitative estimate of drug-likeness (QED) is 0.589. The molecule has 1 atom stereocenters. The Balaban J connectivity index is 1.74. The number of rotatable bonds is 4. The van der Waals surface area contributed by atoms with E-state index in [-0.39, 0.29) is 44.4 Å². The Morgan fingerprint density at radius 3 is 2.74 bits per heavy atom. The minimum absolute atomic E-state index is 0.0365. The molecule has 10 heteroatoms. The van der Waals surface area contributed by atoms with Crippen molar-refractivity contribution in [2.24, 2.45) is 4.99 Å². The average molecular weight is 399 g/mol. The van der Waals surface area contributed by atoms with Gasteiger partial charge in [-0.05, 0) is 6.92 Å². The van der Waals surface area contributed by atoms with E-state index < -0.39 is 5.56 Å². The van der Waals surface area contributed by atoms with Gasteiger partial charge in [0.2, 0.25) is 5.91 Å². The molecule has 2 heterocycles. The average Bonchev–Trinajstić information content (AvgIpc) is 2.97. The zero-order chi connectivity index (χ0) is 19.4. The summed E-state index contributed by atoms with van der Waals surface area (Å²) in [4.78, 5) is 46.1. The second kappa shape index (κ2) is 8.20. The molecule has 0 saturated carbocycles. The number of nitriles is 1. The largest absolute Gasteiger partial charge is 0.304 e. The van der Waals surface area contributed by atoms with Crippen LogP contribution >= 0.6 is 23.5 Å². The molecule has 27 heavy (non-hydrogen) atoms. The number of aromatic amines is 1. The first-order valence-electron chi connectivity index (χ1n) is 7.79. The Bertz CT molecular complexity index is 1030. The van der Waals surface area contributed by atoms with E-state index in [0.29, 0.717) is 5.56 Å². The van der Waals surface area contributed by atoms with Crippen molar-refractivity contribution in [1.29, 1.82) is 5.26 Å². The summed E-state index contributed by atoms with van der Waals surface area (Å²) in [6, 6.07) is 10.7. The molecule has 1 aliphatic heterocycles. The monoisotopic (exact) mass is 399 g/mol. The lowest BCUT2D eigenvalue weighted by atomic mass is 10.1. The normalized spacial score (nSPS) is 15.9. The Labute approximate surface area is 162 Å². The van der Waals surface area contributed by atoms with Crippen molar-refractivity contribution in [3.05, 3.63) is 46.2 Å². The van der Waals surface area contributed by atoms with Crippen LogP contribution in [0.25, 0.3) is 11.3 Å². The number of carbonyl (C=O) groups excluding carboxylic acids is 2. The summed E-state index contributed by atoms with van der Waals surface area (Å²) in [6.45, 7) is 1.71. The summed E-state index contributed by atoms with van der Waals surface area (Å²) in [5.74, 6) is -0.694. The SMILES string of the molecule is CC1SC(NC(=O)CSc2nc(-c3ccccc3)c(C#N)c(=O)[nH]2)=NC1=O. The predicted octanol–water partition coefficient (Wildman–Crippen LogP) is 1.53. The molecule has 0 fully saturated rings. The maximum Gasteiger partial charge on any atom is 0.270 e. The van der Waals surface area contributed by atoms with Crippen LogP contribution in [-0.2, 0) is 9.59 Å². The molecule has 2 amide bonds. The van der Waals surface area contributed by atoms with Crippen molar-refractivity contribution in [2.45, 2.75) is 17.3 Å². The van der Waals surface area contributed by atoms with Gasteiger partial charge >= 0.3 is 0 Å². The second-order valence-corrected chi connectivity index (χ2v) is 7.72. The molecule has 1 aromatic heterocycles. The number of H-pyrrole nitrogens is 1. The van der Waals surface area contributed by atoms with Crippen LogP contribution in [0.4, 0.5) is 0 Å². The molecule has 1 aromatic carbocycles. The summed E-state index contributed by atoms with van der Waals surface area (Å²) in [5, 5.41) is 12.0. The number of hydrogen-bond donors (Lipinski definition) is 2. The van der Waals surface area contributed by atoms with Crippen LogP contribution in [0.3, 0.4) is 0 Å². The van der Waals surface area contributed by atoms with Crippen LogP contribution < -0.4 is 10.9 Å². The number of thioether (sulfide) groups is 2. The third-order valence-corrected chi connectivity index (χ3v) is 5.34. The van der Waals surface area contributed by atoms with Gasteiger partial charge in [0.1, 0.15) is 11.6 Å². The van der Waals surface area contributed by atoms with E-state index in [9.17, 15) is 19.6 Å². The first-order valence-corrected chi connectivity index (χ1v) is 9.66. The zero-order valence-electron chi connectivity index (χ0n) is 14.1. The van der Waals surface area contributed by atoms with Gasteiger partial charge in [0.05, 0.1) is 16.7 Å². The molecule has 2 aromatic rings. The van der Waals surface area contributed by atoms with Gasteiger partial charge in [0, 0.05) is 5.56 Å². The van der Waals surface area contributed by atoms with Gasteiger partial charge in [-0.2, -0.15) is 10.3 Å². The van der Waals surface area contributed by atoms with Crippen LogP contribution in [0.5, 0.6) is 0 Å². The van der Waals surface area contributed by atoms with Crippen LogP contribution in [-0.4, -0.2) is 38.0 Å². The second-order valence-electron chi connectivity index (χ2n) is 5.42. The Kier molecular flexibility index (Phi) is 5.73. The molecule has 2 N–H and O–H groups in total. The predicted molar refractivity (Wildman–Crippen MR) is 103 cm³/mol. The summed E-state index contributed by atoms with van der Waals surface area (Å²) < 4.78 is 0. The lowest BCUT2D eigenvalue weighted by Crippen LogP contribution is -2.29. The van der Waals surface area contributed by atoms with E-state index in [4.69, 9.17) is 0 Å². The maximum atomic E-state index is 12.2. The zero-order valence-corrected chi connectivity index (χ0v) is 15.7. The highest BCUT2D eigenvalue weighted by Gasteiger charge is 2.25. The first kappa shape index (κ1) is 18.9. The van der Waals surface area contributed by atoms with E-state index in [1.54, 1.807) is 31.2 Å². The number of nitrogens with zero attached hydrogens (tertiary/aromatic N) is 3. The fourth-order valence-corrected chi connectivity index (χ4v) is 3.68. The molecule has 136 valence electrons. The number of nitrogens with one attached hydrogen (secondary N) is 2. The molecule has 1 unspecified atom stereocenters. The number of carbonyl (C=O) groups is 2. The molecule has 0 saturated heterocycles. The van der Waals surface area contributed by atoms with E-state index in [1.165, 1.54) is 11.8 Å². The smallest absolute Gasteiger partial charge is 0.270 e. The highest BCUT2D eigenvalue weighted by atomic mass is 32.2. The Morgan fingerprint density at radius 2 is 2.11 bits per heavy atom. The molecular weight excluding hydrogens is 386 g/mol. The summed E-state index contributed by atoms with van der Waals surface area (Å²) in [7, 11) is 0. The number of amides is 2. The fraction of sp³-hybridized carbons (Fsp3) is 0.176. The molecule has 0 aliphatic carbocycles. The van der Waals surface area contributed by atoms with Gasteiger partial charge in [-0.3, -0.25) is 14.4 Å². The van der Waals surface area contributed by atoms with E-state index in [2.05, 4.69) is 20.3 Å². The molecule has 0 bridgehead atoms. The van der Waals surface area contributed by atoms with Gasteiger partial charge < -0.3 is 10.3 Å². The summed E-state index contributed by atoms with van der Waals surface area (Å²) >= 11 is 2.20. The maximum absolute atomic E-state index is 12.2. The number of benzene rings is 1. The Hall–Kier alpha value is -2.90. The van der Waals surface area contributed by atoms with Crippen molar-refractivity contribution in [1.82, 2.24) is 15.3 Å². The fourth-order valence-electron chi connectivity index (χ4n) is 2.21. The molecule has 1 aliphatic rings. The minimum atomic E-state index is -0.565. The number of amidine groups is 1. The van der Waals surface area contributed by atoms with Crippen LogP contribution in [0.15, 0.2) is 45.3 Å². The molecule has 0 spiro atoms. The molecule has 3 rings (SSSR count). The molecule has 8 nitrogen and oxygen atoms in total. The van der Waals surface area contributed by atoms with Gasteiger partial charge in [0.25, 0.3) is 11.5 Å².